The van der Waals surface area contributed by atoms with Gasteiger partial charge in [-0.25, -0.2) is 0 Å². The number of aliphatic hydroxyl groups is 1. The molecule has 0 spiro atoms. The molecule has 0 fully saturated rings. The van der Waals surface area contributed by atoms with E-state index in [0.29, 0.717) is 16.9 Å². The summed E-state index contributed by atoms with van der Waals surface area (Å²) in [6.07, 6.45) is 3.39. The Morgan fingerprint density at radius 1 is 1.05 bits per heavy atom. The highest BCUT2D eigenvalue weighted by molar-refractivity contribution is 5.81. The van der Waals surface area contributed by atoms with E-state index in [2.05, 4.69) is 0 Å². The third-order valence-corrected chi connectivity index (χ3v) is 3.04. The molecule has 0 heterocycles. The number of rotatable bonds is 5. The highest BCUT2D eigenvalue weighted by Crippen LogP contribution is 2.26. The molecule has 0 aliphatic heterocycles. The number of methoxy groups -OCH3 is 1. The molecule has 2 aromatic carbocycles. The third kappa shape index (κ3) is 3.13. The van der Waals surface area contributed by atoms with Crippen LogP contribution in [0.1, 0.15) is 27.6 Å². The van der Waals surface area contributed by atoms with Gasteiger partial charge in [0, 0.05) is 11.1 Å². The van der Waals surface area contributed by atoms with Crippen molar-refractivity contribution >= 4 is 12.4 Å². The van der Waals surface area contributed by atoms with Crippen LogP contribution in [0.4, 0.5) is 0 Å². The summed E-state index contributed by atoms with van der Waals surface area (Å²) in [6.45, 7) is 0. The Labute approximate surface area is 118 Å². The van der Waals surface area contributed by atoms with Crippen LogP contribution in [0.15, 0.2) is 54.6 Å². The second kappa shape index (κ2) is 6.68. The van der Waals surface area contributed by atoms with Gasteiger partial charge >= 0.3 is 0 Å². The Kier molecular flexibility index (Phi) is 4.69. The van der Waals surface area contributed by atoms with Gasteiger partial charge in [-0.3, -0.25) is 4.79 Å². The highest BCUT2D eigenvalue weighted by Gasteiger charge is 2.09. The summed E-state index contributed by atoms with van der Waals surface area (Å²) in [5, 5.41) is 10.2. The summed E-state index contributed by atoms with van der Waals surface area (Å²) in [5.74, 6) is 0.633. The van der Waals surface area contributed by atoms with Crippen molar-refractivity contribution in [2.24, 2.45) is 0 Å². The molecule has 0 aliphatic carbocycles. The number of para-hydroxylation sites is 1. The minimum Gasteiger partial charge on any atom is -0.496 e. The molecule has 3 heteroatoms. The van der Waals surface area contributed by atoms with Crippen molar-refractivity contribution in [1.29, 1.82) is 0 Å². The first-order valence-corrected chi connectivity index (χ1v) is 6.29. The lowest BCUT2D eigenvalue weighted by Gasteiger charge is -2.11. The van der Waals surface area contributed by atoms with Crippen LogP contribution in [0.3, 0.4) is 0 Å². The van der Waals surface area contributed by atoms with Gasteiger partial charge in [-0.1, -0.05) is 54.6 Å². The van der Waals surface area contributed by atoms with E-state index in [1.54, 1.807) is 43.5 Å². The summed E-state index contributed by atoms with van der Waals surface area (Å²) >= 11 is 0. The summed E-state index contributed by atoms with van der Waals surface area (Å²) in [4.78, 5) is 10.9. The molecule has 1 N–H and O–H groups in total. The van der Waals surface area contributed by atoms with Crippen LogP contribution >= 0.6 is 0 Å². The number of hydrogen-bond acceptors (Lipinski definition) is 3. The predicted molar refractivity (Wildman–Crippen MR) is 78.8 cm³/mol. The lowest BCUT2D eigenvalue weighted by atomic mass is 10.0. The molecule has 0 saturated carbocycles. The zero-order valence-electron chi connectivity index (χ0n) is 11.2. The second-order valence-corrected chi connectivity index (χ2v) is 4.29. The minimum absolute atomic E-state index is 0.593. The molecule has 1 unspecified atom stereocenters. The van der Waals surface area contributed by atoms with Crippen molar-refractivity contribution in [1.82, 2.24) is 0 Å². The normalized spacial score (nSPS) is 12.3. The minimum atomic E-state index is -0.786. The Bertz CT molecular complexity index is 617. The number of carbonyl (C=O) groups excluding carboxylic acids is 1. The molecule has 0 aliphatic rings. The topological polar surface area (TPSA) is 46.5 Å². The fraction of sp³-hybridized carbons (Fsp3) is 0.118. The van der Waals surface area contributed by atoms with Gasteiger partial charge in [0.2, 0.25) is 0 Å². The van der Waals surface area contributed by atoms with E-state index in [-0.39, 0.29) is 0 Å². The van der Waals surface area contributed by atoms with Crippen LogP contribution in [-0.4, -0.2) is 18.5 Å². The molecule has 3 nitrogen and oxygen atoms in total. The van der Waals surface area contributed by atoms with Crippen molar-refractivity contribution in [3.63, 3.8) is 0 Å². The quantitative estimate of drug-likeness (QED) is 0.847. The molecule has 20 heavy (non-hydrogen) atoms. The molecule has 2 rings (SSSR count). The zero-order valence-corrected chi connectivity index (χ0v) is 11.2. The fourth-order valence-electron chi connectivity index (χ4n) is 1.98. The molecule has 0 aromatic heterocycles. The molecule has 0 bridgehead atoms. The van der Waals surface area contributed by atoms with E-state index in [0.717, 1.165) is 11.8 Å². The van der Waals surface area contributed by atoms with Crippen LogP contribution in [-0.2, 0) is 0 Å². The smallest absolute Gasteiger partial charge is 0.150 e. The van der Waals surface area contributed by atoms with Crippen molar-refractivity contribution < 1.29 is 14.6 Å². The summed E-state index contributed by atoms with van der Waals surface area (Å²) in [7, 11) is 1.57. The zero-order chi connectivity index (χ0) is 14.4. The van der Waals surface area contributed by atoms with Gasteiger partial charge in [-0.15, -0.1) is 0 Å². The van der Waals surface area contributed by atoms with E-state index in [9.17, 15) is 9.90 Å². The second-order valence-electron chi connectivity index (χ2n) is 4.29. The maximum atomic E-state index is 10.9. The monoisotopic (exact) mass is 268 g/mol. The van der Waals surface area contributed by atoms with E-state index in [1.165, 1.54) is 0 Å². The summed E-state index contributed by atoms with van der Waals surface area (Å²) in [5.41, 5.74) is 2.06. The van der Waals surface area contributed by atoms with Crippen LogP contribution in [0.25, 0.3) is 6.08 Å². The average Bonchev–Trinajstić information content (AvgIpc) is 2.52. The molecule has 0 radical (unpaired) electrons. The number of carbonyl (C=O) groups is 1. The number of aldehydes is 1. The van der Waals surface area contributed by atoms with Crippen LogP contribution in [0, 0.1) is 0 Å². The van der Waals surface area contributed by atoms with E-state index in [1.807, 2.05) is 24.3 Å². The van der Waals surface area contributed by atoms with Crippen molar-refractivity contribution in [2.45, 2.75) is 6.10 Å². The van der Waals surface area contributed by atoms with Gasteiger partial charge < -0.3 is 9.84 Å². The molecule has 2 aromatic rings. The van der Waals surface area contributed by atoms with E-state index >= 15 is 0 Å². The standard InChI is InChI=1S/C17H16O3/c1-20-17-9-5-4-8-15(17)16(19)11-10-13-6-2-3-7-14(13)12-18/h2-12,16,19H,1H3/b11-10+. The Morgan fingerprint density at radius 2 is 1.70 bits per heavy atom. The maximum absolute atomic E-state index is 10.9. The van der Waals surface area contributed by atoms with Crippen molar-refractivity contribution in [3.05, 3.63) is 71.3 Å². The molecule has 0 amide bonds. The largest absolute Gasteiger partial charge is 0.496 e. The maximum Gasteiger partial charge on any atom is 0.150 e. The van der Waals surface area contributed by atoms with E-state index in [4.69, 9.17) is 4.74 Å². The lowest BCUT2D eigenvalue weighted by Crippen LogP contribution is -1.97. The van der Waals surface area contributed by atoms with Crippen LogP contribution < -0.4 is 4.74 Å². The van der Waals surface area contributed by atoms with Crippen molar-refractivity contribution in [2.75, 3.05) is 7.11 Å². The molecular weight excluding hydrogens is 252 g/mol. The van der Waals surface area contributed by atoms with Crippen molar-refractivity contribution in [3.8, 4) is 5.75 Å². The average molecular weight is 268 g/mol. The number of benzene rings is 2. The lowest BCUT2D eigenvalue weighted by molar-refractivity contribution is 0.112. The first-order valence-electron chi connectivity index (χ1n) is 6.29. The molecular formula is C17H16O3. The van der Waals surface area contributed by atoms with Gasteiger partial charge in [-0.2, -0.15) is 0 Å². The first kappa shape index (κ1) is 14.0. The molecule has 0 saturated heterocycles. The summed E-state index contributed by atoms with van der Waals surface area (Å²) in [6, 6.07) is 14.5. The van der Waals surface area contributed by atoms with Gasteiger partial charge in [0.15, 0.2) is 6.29 Å². The van der Waals surface area contributed by atoms with E-state index < -0.39 is 6.10 Å². The predicted octanol–water partition coefficient (Wildman–Crippen LogP) is 3.25. The van der Waals surface area contributed by atoms with Gasteiger partial charge in [0.25, 0.3) is 0 Å². The molecule has 102 valence electrons. The summed E-state index contributed by atoms with van der Waals surface area (Å²) < 4.78 is 5.21. The third-order valence-electron chi connectivity index (χ3n) is 3.04. The SMILES string of the molecule is COc1ccccc1C(O)/C=C/c1ccccc1C=O. The number of aliphatic hydroxyl groups excluding tert-OH is 1. The Morgan fingerprint density at radius 3 is 2.40 bits per heavy atom. The van der Waals surface area contributed by atoms with Gasteiger partial charge in [0.05, 0.1) is 7.11 Å². The van der Waals surface area contributed by atoms with Gasteiger partial charge in [-0.05, 0) is 11.6 Å². The van der Waals surface area contributed by atoms with Crippen LogP contribution in [0.5, 0.6) is 5.75 Å². The number of hydrogen-bond donors (Lipinski definition) is 1. The molecule has 1 atom stereocenters. The van der Waals surface area contributed by atoms with Gasteiger partial charge in [0.1, 0.15) is 11.9 Å². The Balaban J connectivity index is 2.24. The first-order chi connectivity index (χ1) is 9.76. The van der Waals surface area contributed by atoms with Crippen LogP contribution in [0.2, 0.25) is 0 Å². The Hall–Kier alpha value is -2.39. The highest BCUT2D eigenvalue weighted by atomic mass is 16.5. The number of ether oxygens (including phenoxy) is 1. The fourth-order valence-corrected chi connectivity index (χ4v) is 1.98.